The average molecular weight is 411 g/mol. The van der Waals surface area contributed by atoms with Crippen LogP contribution in [0.4, 0.5) is 0 Å². The summed E-state index contributed by atoms with van der Waals surface area (Å²) in [7, 11) is -2.96. The van der Waals surface area contributed by atoms with Gasteiger partial charge in [-0.2, -0.15) is 0 Å². The molecule has 1 heterocycles. The Morgan fingerprint density at radius 2 is 1.71 bits per heavy atom. The zero-order chi connectivity index (χ0) is 20.6. The highest BCUT2D eigenvalue weighted by atomic mass is 32.2. The van der Waals surface area contributed by atoms with Gasteiger partial charge < -0.3 is 14.4 Å². The molecule has 0 radical (unpaired) electrons. The number of hydrogen-bond acceptors (Lipinski definition) is 6. The van der Waals surface area contributed by atoms with E-state index in [1.807, 2.05) is 32.0 Å². The molecule has 1 aromatic rings. The second kappa shape index (κ2) is 10.5. The van der Waals surface area contributed by atoms with E-state index in [2.05, 4.69) is 4.90 Å². The highest BCUT2D eigenvalue weighted by molar-refractivity contribution is 7.90. The van der Waals surface area contributed by atoms with E-state index in [0.717, 1.165) is 5.56 Å². The van der Waals surface area contributed by atoms with Crippen LogP contribution in [0.5, 0.6) is 11.5 Å². The fraction of sp³-hybridized carbons (Fsp3) is 0.550. The molecule has 7 nitrogen and oxygen atoms in total. The zero-order valence-corrected chi connectivity index (χ0v) is 17.7. The number of sulfone groups is 1. The third kappa shape index (κ3) is 7.16. The Balaban J connectivity index is 1.90. The minimum absolute atomic E-state index is 0.0467. The Morgan fingerprint density at radius 1 is 1.07 bits per heavy atom. The molecule has 0 aliphatic carbocycles. The van der Waals surface area contributed by atoms with Crippen LogP contribution < -0.4 is 9.47 Å². The van der Waals surface area contributed by atoms with Crippen LogP contribution in [-0.4, -0.2) is 82.1 Å². The van der Waals surface area contributed by atoms with Crippen molar-refractivity contribution in [1.29, 1.82) is 0 Å². The first-order valence-corrected chi connectivity index (χ1v) is 11.6. The summed E-state index contributed by atoms with van der Waals surface area (Å²) in [4.78, 5) is 16.3. The zero-order valence-electron chi connectivity index (χ0n) is 16.9. The number of amides is 1. The van der Waals surface area contributed by atoms with Gasteiger partial charge in [0.25, 0.3) is 0 Å². The van der Waals surface area contributed by atoms with E-state index in [0.29, 0.717) is 57.4 Å². The lowest BCUT2D eigenvalue weighted by molar-refractivity contribution is -0.127. The summed E-state index contributed by atoms with van der Waals surface area (Å²) in [5, 5.41) is 0. The summed E-state index contributed by atoms with van der Waals surface area (Å²) in [6.45, 7) is 8.02. The van der Waals surface area contributed by atoms with Crippen molar-refractivity contribution in [2.45, 2.75) is 13.8 Å². The number of carbonyl (C=O) groups excluding carboxylic acids is 1. The molecule has 0 unspecified atom stereocenters. The van der Waals surface area contributed by atoms with Gasteiger partial charge in [-0.25, -0.2) is 8.42 Å². The van der Waals surface area contributed by atoms with Crippen molar-refractivity contribution in [1.82, 2.24) is 9.80 Å². The molecule has 156 valence electrons. The van der Waals surface area contributed by atoms with Gasteiger partial charge in [-0.1, -0.05) is 6.07 Å². The van der Waals surface area contributed by atoms with Crippen LogP contribution in [0.3, 0.4) is 0 Å². The van der Waals surface area contributed by atoms with E-state index in [1.165, 1.54) is 6.26 Å². The van der Waals surface area contributed by atoms with Crippen LogP contribution in [0, 0.1) is 0 Å². The van der Waals surface area contributed by atoms with Gasteiger partial charge in [-0.05, 0) is 37.6 Å². The molecule has 0 N–H and O–H groups in total. The van der Waals surface area contributed by atoms with Gasteiger partial charge >= 0.3 is 0 Å². The number of benzene rings is 1. The quantitative estimate of drug-likeness (QED) is 0.577. The second-order valence-corrected chi connectivity index (χ2v) is 8.96. The molecule has 1 aliphatic heterocycles. The molecule has 1 saturated heterocycles. The smallest absolute Gasteiger partial charge is 0.246 e. The Kier molecular flexibility index (Phi) is 8.32. The number of nitrogens with zero attached hydrogens (tertiary/aromatic N) is 2. The largest absolute Gasteiger partial charge is 0.490 e. The Bertz CT molecular complexity index is 784. The molecule has 0 atom stereocenters. The number of piperazine rings is 1. The predicted octanol–water partition coefficient (Wildman–Crippen LogP) is 1.69. The monoisotopic (exact) mass is 410 g/mol. The van der Waals surface area contributed by atoms with Gasteiger partial charge in [0.15, 0.2) is 11.5 Å². The lowest BCUT2D eigenvalue weighted by Gasteiger charge is -2.34. The van der Waals surface area contributed by atoms with Crippen LogP contribution in [0.1, 0.15) is 19.4 Å². The molecule has 1 fully saturated rings. The van der Waals surface area contributed by atoms with Gasteiger partial charge in [0, 0.05) is 45.1 Å². The Labute approximate surface area is 167 Å². The van der Waals surface area contributed by atoms with Gasteiger partial charge in [0.2, 0.25) is 5.91 Å². The van der Waals surface area contributed by atoms with Crippen LogP contribution >= 0.6 is 0 Å². The normalized spacial score (nSPS) is 15.8. The molecule has 0 saturated carbocycles. The number of hydrogen-bond donors (Lipinski definition) is 0. The molecule has 8 heteroatoms. The summed E-state index contributed by atoms with van der Waals surface area (Å²) >= 11 is 0. The lowest BCUT2D eigenvalue weighted by Crippen LogP contribution is -2.49. The highest BCUT2D eigenvalue weighted by Gasteiger charge is 2.20. The van der Waals surface area contributed by atoms with E-state index in [1.54, 1.807) is 17.1 Å². The van der Waals surface area contributed by atoms with Gasteiger partial charge in [0.1, 0.15) is 9.84 Å². The third-order valence-electron chi connectivity index (χ3n) is 4.45. The number of ether oxygens (including phenoxy) is 2. The molecule has 1 amide bonds. The van der Waals surface area contributed by atoms with Crippen LogP contribution in [0.2, 0.25) is 0 Å². The number of rotatable bonds is 9. The van der Waals surface area contributed by atoms with Crippen molar-refractivity contribution < 1.29 is 22.7 Å². The first-order valence-electron chi connectivity index (χ1n) is 9.59. The molecule has 1 aromatic carbocycles. The summed E-state index contributed by atoms with van der Waals surface area (Å²) in [5.74, 6) is 1.46. The van der Waals surface area contributed by atoms with E-state index < -0.39 is 9.84 Å². The van der Waals surface area contributed by atoms with E-state index in [9.17, 15) is 13.2 Å². The topological polar surface area (TPSA) is 76.2 Å². The fourth-order valence-electron chi connectivity index (χ4n) is 2.93. The molecule has 0 spiro atoms. The standard InChI is InChI=1S/C20H30N2O5S/c1-4-26-18-8-6-17(16-19(18)27-5-2)7-9-20(23)22-12-10-21(11-13-22)14-15-28(3,24)25/h6-9,16H,4-5,10-15H2,1-3H3/b9-7+. The maximum atomic E-state index is 12.4. The van der Waals surface area contributed by atoms with Gasteiger partial charge in [-0.15, -0.1) is 0 Å². The molecule has 28 heavy (non-hydrogen) atoms. The second-order valence-electron chi connectivity index (χ2n) is 6.70. The molecule has 0 aromatic heterocycles. The van der Waals surface area contributed by atoms with Gasteiger partial charge in [0.05, 0.1) is 19.0 Å². The van der Waals surface area contributed by atoms with Crippen molar-refractivity contribution in [3.63, 3.8) is 0 Å². The molecule has 0 bridgehead atoms. The third-order valence-corrected chi connectivity index (χ3v) is 5.37. The fourth-order valence-corrected chi connectivity index (χ4v) is 3.52. The SMILES string of the molecule is CCOc1ccc(/C=C/C(=O)N2CCN(CCS(C)(=O)=O)CC2)cc1OCC. The maximum absolute atomic E-state index is 12.4. The molecular formula is C20H30N2O5S. The van der Waals surface area contributed by atoms with E-state index in [4.69, 9.17) is 9.47 Å². The Hall–Kier alpha value is -2.06. The van der Waals surface area contributed by atoms with Crippen molar-refractivity contribution >= 4 is 21.8 Å². The number of carbonyl (C=O) groups is 1. The highest BCUT2D eigenvalue weighted by Crippen LogP contribution is 2.29. The van der Waals surface area contributed by atoms with Crippen molar-refractivity contribution in [3.05, 3.63) is 29.8 Å². The van der Waals surface area contributed by atoms with Crippen LogP contribution in [0.15, 0.2) is 24.3 Å². The Morgan fingerprint density at radius 3 is 2.32 bits per heavy atom. The van der Waals surface area contributed by atoms with Crippen LogP contribution in [-0.2, 0) is 14.6 Å². The van der Waals surface area contributed by atoms with Gasteiger partial charge in [-0.3, -0.25) is 9.69 Å². The van der Waals surface area contributed by atoms with E-state index >= 15 is 0 Å². The molecular weight excluding hydrogens is 380 g/mol. The molecule has 1 aliphatic rings. The molecule has 2 rings (SSSR count). The van der Waals surface area contributed by atoms with Crippen LogP contribution in [0.25, 0.3) is 6.08 Å². The summed E-state index contributed by atoms with van der Waals surface area (Å²) in [6.07, 6.45) is 4.59. The minimum Gasteiger partial charge on any atom is -0.490 e. The summed E-state index contributed by atoms with van der Waals surface area (Å²) < 4.78 is 33.7. The maximum Gasteiger partial charge on any atom is 0.246 e. The summed E-state index contributed by atoms with van der Waals surface area (Å²) in [5.41, 5.74) is 0.868. The minimum atomic E-state index is -2.96. The predicted molar refractivity (Wildman–Crippen MR) is 111 cm³/mol. The lowest BCUT2D eigenvalue weighted by atomic mass is 10.2. The van der Waals surface area contributed by atoms with Crippen molar-refractivity contribution in [2.24, 2.45) is 0 Å². The average Bonchev–Trinajstić information content (AvgIpc) is 2.66. The first kappa shape index (κ1) is 22.2. The van der Waals surface area contributed by atoms with Crippen molar-refractivity contribution in [3.8, 4) is 11.5 Å². The summed E-state index contributed by atoms with van der Waals surface area (Å²) in [6, 6.07) is 5.60. The van der Waals surface area contributed by atoms with E-state index in [-0.39, 0.29) is 11.7 Å². The van der Waals surface area contributed by atoms with Crippen molar-refractivity contribution in [2.75, 3.05) is 57.9 Å². The first-order chi connectivity index (χ1) is 13.3.